The van der Waals surface area contributed by atoms with Gasteiger partial charge in [0.05, 0.1) is 18.6 Å². The standard InChI is InChI=1S/C6H8N4O2S/c1-10(3-2-7)13(11,12)6-4-8-5-9-6/h4-5H,3H2,1H3,(H,8,9). The molecule has 0 spiro atoms. The lowest BCUT2D eigenvalue weighted by atomic mass is 10.7. The molecule has 6 nitrogen and oxygen atoms in total. The van der Waals surface area contributed by atoms with Gasteiger partial charge < -0.3 is 4.98 Å². The minimum absolute atomic E-state index is 0.00903. The third-order valence-corrected chi connectivity index (χ3v) is 3.18. The topological polar surface area (TPSA) is 89.8 Å². The van der Waals surface area contributed by atoms with E-state index in [-0.39, 0.29) is 11.6 Å². The first-order chi connectivity index (χ1) is 6.09. The van der Waals surface area contributed by atoms with Gasteiger partial charge in [0, 0.05) is 7.05 Å². The van der Waals surface area contributed by atoms with E-state index >= 15 is 0 Å². The van der Waals surface area contributed by atoms with Crippen LogP contribution in [0.3, 0.4) is 0 Å². The van der Waals surface area contributed by atoms with Gasteiger partial charge in [-0.2, -0.15) is 9.57 Å². The molecule has 1 N–H and O–H groups in total. The van der Waals surface area contributed by atoms with Crippen LogP contribution < -0.4 is 0 Å². The van der Waals surface area contributed by atoms with Gasteiger partial charge in [-0.1, -0.05) is 0 Å². The molecule has 70 valence electrons. The molecule has 0 atom stereocenters. The van der Waals surface area contributed by atoms with Crippen molar-refractivity contribution in [1.29, 1.82) is 5.26 Å². The van der Waals surface area contributed by atoms with Crippen molar-refractivity contribution in [2.75, 3.05) is 13.6 Å². The largest absolute Gasteiger partial charge is 0.335 e. The van der Waals surface area contributed by atoms with Crippen LogP contribution >= 0.6 is 0 Å². The van der Waals surface area contributed by atoms with Gasteiger partial charge in [0.15, 0.2) is 5.03 Å². The molecule has 0 bridgehead atoms. The van der Waals surface area contributed by atoms with Gasteiger partial charge in [-0.25, -0.2) is 13.4 Å². The van der Waals surface area contributed by atoms with Crippen LogP contribution in [0, 0.1) is 11.3 Å². The van der Waals surface area contributed by atoms with Crippen LogP contribution in [0.15, 0.2) is 17.6 Å². The zero-order valence-electron chi connectivity index (χ0n) is 6.93. The van der Waals surface area contributed by atoms with Gasteiger partial charge in [-0.05, 0) is 0 Å². The van der Waals surface area contributed by atoms with Crippen molar-refractivity contribution < 1.29 is 8.42 Å². The Morgan fingerprint density at radius 1 is 1.77 bits per heavy atom. The van der Waals surface area contributed by atoms with Crippen LogP contribution in [0.25, 0.3) is 0 Å². The fraction of sp³-hybridized carbons (Fsp3) is 0.333. The number of hydrogen-bond acceptors (Lipinski definition) is 4. The first-order valence-electron chi connectivity index (χ1n) is 3.40. The highest BCUT2D eigenvalue weighted by Crippen LogP contribution is 2.08. The van der Waals surface area contributed by atoms with Crippen LogP contribution in [-0.4, -0.2) is 36.3 Å². The maximum absolute atomic E-state index is 11.5. The summed E-state index contributed by atoms with van der Waals surface area (Å²) in [5.41, 5.74) is 0. The molecule has 1 aromatic heterocycles. The minimum Gasteiger partial charge on any atom is -0.335 e. The van der Waals surface area contributed by atoms with Crippen molar-refractivity contribution in [3.8, 4) is 6.07 Å². The molecular weight excluding hydrogens is 192 g/mol. The second-order valence-corrected chi connectivity index (χ2v) is 4.35. The molecule has 0 saturated heterocycles. The molecule has 0 radical (unpaired) electrons. The van der Waals surface area contributed by atoms with Crippen molar-refractivity contribution in [2.45, 2.75) is 5.03 Å². The zero-order chi connectivity index (χ0) is 9.90. The molecule has 0 saturated carbocycles. The molecular formula is C6H8N4O2S. The van der Waals surface area contributed by atoms with E-state index in [2.05, 4.69) is 9.97 Å². The van der Waals surface area contributed by atoms with E-state index in [4.69, 9.17) is 5.26 Å². The highest BCUT2D eigenvalue weighted by atomic mass is 32.2. The van der Waals surface area contributed by atoms with E-state index in [1.165, 1.54) is 19.6 Å². The van der Waals surface area contributed by atoms with Gasteiger partial charge in [-0.3, -0.25) is 0 Å². The number of imidazole rings is 1. The molecule has 1 rings (SSSR count). The molecule has 0 aromatic carbocycles. The number of rotatable bonds is 3. The normalized spacial score (nSPS) is 11.5. The quantitative estimate of drug-likeness (QED) is 0.669. The Kier molecular flexibility index (Phi) is 2.65. The molecule has 0 aliphatic carbocycles. The lowest BCUT2D eigenvalue weighted by Gasteiger charge is -2.10. The molecule has 7 heteroatoms. The smallest absolute Gasteiger partial charge is 0.260 e. The number of aromatic amines is 1. The molecule has 1 heterocycles. The first kappa shape index (κ1) is 9.70. The molecule has 1 aromatic rings. The number of sulfonamides is 1. The van der Waals surface area contributed by atoms with Gasteiger partial charge in [0.2, 0.25) is 0 Å². The molecule has 0 aliphatic heterocycles. The second kappa shape index (κ2) is 3.55. The Morgan fingerprint density at radius 2 is 2.46 bits per heavy atom. The lowest BCUT2D eigenvalue weighted by Crippen LogP contribution is -2.27. The SMILES string of the molecule is CN(CC#N)S(=O)(=O)c1cnc[nH]1. The van der Waals surface area contributed by atoms with E-state index in [1.807, 2.05) is 0 Å². The highest BCUT2D eigenvalue weighted by molar-refractivity contribution is 7.89. The van der Waals surface area contributed by atoms with Crippen LogP contribution in [0.1, 0.15) is 0 Å². The van der Waals surface area contributed by atoms with Crippen molar-refractivity contribution in [2.24, 2.45) is 0 Å². The third-order valence-electron chi connectivity index (χ3n) is 1.45. The van der Waals surface area contributed by atoms with Gasteiger partial charge in [0.1, 0.15) is 6.54 Å². The molecule has 0 unspecified atom stereocenters. The summed E-state index contributed by atoms with van der Waals surface area (Å²) in [6.07, 6.45) is 2.47. The Balaban J connectivity index is 2.98. The van der Waals surface area contributed by atoms with Crippen LogP contribution in [0.5, 0.6) is 0 Å². The minimum atomic E-state index is -3.57. The van der Waals surface area contributed by atoms with Gasteiger partial charge in [0.25, 0.3) is 10.0 Å². The Labute approximate surface area is 75.9 Å². The maximum atomic E-state index is 11.5. The molecule has 0 aliphatic rings. The monoisotopic (exact) mass is 200 g/mol. The fourth-order valence-electron chi connectivity index (χ4n) is 0.737. The van der Waals surface area contributed by atoms with E-state index in [9.17, 15) is 8.42 Å². The summed E-state index contributed by atoms with van der Waals surface area (Å²) in [5.74, 6) is 0. The third kappa shape index (κ3) is 1.85. The second-order valence-electron chi connectivity index (χ2n) is 2.34. The van der Waals surface area contributed by atoms with Crippen molar-refractivity contribution in [3.05, 3.63) is 12.5 Å². The summed E-state index contributed by atoms with van der Waals surface area (Å²) >= 11 is 0. The summed E-state index contributed by atoms with van der Waals surface area (Å²) in [6, 6.07) is 1.75. The number of hydrogen-bond donors (Lipinski definition) is 1. The number of nitrogens with zero attached hydrogens (tertiary/aromatic N) is 3. The highest BCUT2D eigenvalue weighted by Gasteiger charge is 2.21. The van der Waals surface area contributed by atoms with E-state index in [1.54, 1.807) is 6.07 Å². The van der Waals surface area contributed by atoms with Crippen molar-refractivity contribution >= 4 is 10.0 Å². The van der Waals surface area contributed by atoms with E-state index in [0.717, 1.165) is 4.31 Å². The molecule has 13 heavy (non-hydrogen) atoms. The Hall–Kier alpha value is -1.39. The predicted molar refractivity (Wildman–Crippen MR) is 44.0 cm³/mol. The zero-order valence-corrected chi connectivity index (χ0v) is 7.74. The summed E-state index contributed by atoms with van der Waals surface area (Å²) in [6.45, 7) is -0.179. The lowest BCUT2D eigenvalue weighted by molar-refractivity contribution is 0.499. The Bertz CT molecular complexity index is 402. The summed E-state index contributed by atoms with van der Waals surface area (Å²) in [7, 11) is -2.23. The number of nitrogens with one attached hydrogen (secondary N) is 1. The number of aromatic nitrogens is 2. The van der Waals surface area contributed by atoms with E-state index in [0.29, 0.717) is 0 Å². The van der Waals surface area contributed by atoms with Crippen molar-refractivity contribution in [1.82, 2.24) is 14.3 Å². The summed E-state index contributed by atoms with van der Waals surface area (Å²) in [4.78, 5) is 6.05. The maximum Gasteiger partial charge on any atom is 0.260 e. The van der Waals surface area contributed by atoms with Crippen LogP contribution in [0.4, 0.5) is 0 Å². The summed E-state index contributed by atoms with van der Waals surface area (Å²) in [5, 5.41) is 8.31. The number of H-pyrrole nitrogens is 1. The van der Waals surface area contributed by atoms with Gasteiger partial charge in [-0.15, -0.1) is 0 Å². The molecule has 0 amide bonds. The average molecular weight is 200 g/mol. The van der Waals surface area contributed by atoms with Crippen molar-refractivity contribution in [3.63, 3.8) is 0 Å². The fourth-order valence-corrected chi connectivity index (χ4v) is 1.70. The molecule has 0 fully saturated rings. The van der Waals surface area contributed by atoms with Gasteiger partial charge >= 0.3 is 0 Å². The average Bonchev–Trinajstić information content (AvgIpc) is 2.56. The first-order valence-corrected chi connectivity index (χ1v) is 4.84. The Morgan fingerprint density at radius 3 is 2.92 bits per heavy atom. The predicted octanol–water partition coefficient (Wildman–Crippen LogP) is -0.446. The number of nitriles is 1. The summed E-state index contributed by atoms with van der Waals surface area (Å²) < 4.78 is 23.9. The van der Waals surface area contributed by atoms with Crippen LogP contribution in [0.2, 0.25) is 0 Å². The van der Waals surface area contributed by atoms with E-state index < -0.39 is 10.0 Å². The van der Waals surface area contributed by atoms with Crippen LogP contribution in [-0.2, 0) is 10.0 Å².